The number of nitrogens with two attached hydrogens (primary N) is 1. The van der Waals surface area contributed by atoms with Crippen LogP contribution in [0.2, 0.25) is 0 Å². The van der Waals surface area contributed by atoms with E-state index in [4.69, 9.17) is 5.73 Å². The molecule has 0 fully saturated rings. The molecule has 0 radical (unpaired) electrons. The largest absolute Gasteiger partial charge is 0.382 e. The molecule has 0 atom stereocenters. The van der Waals surface area contributed by atoms with E-state index in [0.717, 1.165) is 11.6 Å². The number of hydrogen-bond donors (Lipinski definition) is 1. The van der Waals surface area contributed by atoms with E-state index in [1.165, 1.54) is 0 Å². The molecule has 0 aliphatic heterocycles. The van der Waals surface area contributed by atoms with Crippen LogP contribution in [0.25, 0.3) is 0 Å². The summed E-state index contributed by atoms with van der Waals surface area (Å²) < 4.78 is 3.66. The third-order valence-electron chi connectivity index (χ3n) is 2.15. The smallest absolute Gasteiger partial charge is 0.154 e. The fourth-order valence-electron chi connectivity index (χ4n) is 1.20. The lowest BCUT2D eigenvalue weighted by Gasteiger charge is -2.01. The highest BCUT2D eigenvalue weighted by molar-refractivity contribution is 5.23. The van der Waals surface area contributed by atoms with Crippen LogP contribution < -0.4 is 5.73 Å². The normalized spacial score (nSPS) is 10.7. The zero-order valence-corrected chi connectivity index (χ0v) is 8.18. The van der Waals surface area contributed by atoms with Gasteiger partial charge in [0, 0.05) is 13.2 Å². The van der Waals surface area contributed by atoms with Crippen molar-refractivity contribution in [3.63, 3.8) is 0 Å². The lowest BCUT2D eigenvalue weighted by atomic mass is 10.5. The molecular formula is C8H12N6. The van der Waals surface area contributed by atoms with Gasteiger partial charge in [0.15, 0.2) is 5.82 Å². The summed E-state index contributed by atoms with van der Waals surface area (Å²) in [5.41, 5.74) is 5.50. The zero-order chi connectivity index (χ0) is 10.1. The standard InChI is InChI=1S/C8H12N6/c1-6-10-11-8(13(6)2)5-14-4-3-7(9)12-14/h3-4H,5H2,1-2H3,(H2,9,12). The zero-order valence-electron chi connectivity index (χ0n) is 8.18. The van der Waals surface area contributed by atoms with Crippen molar-refractivity contribution in [3.8, 4) is 0 Å². The molecule has 0 spiro atoms. The predicted molar refractivity (Wildman–Crippen MR) is 51.5 cm³/mol. The van der Waals surface area contributed by atoms with Gasteiger partial charge in [0.05, 0.1) is 0 Å². The van der Waals surface area contributed by atoms with E-state index in [1.54, 1.807) is 10.7 Å². The van der Waals surface area contributed by atoms with Crippen LogP contribution in [0.4, 0.5) is 5.82 Å². The maximum atomic E-state index is 5.50. The fraction of sp³-hybridized carbons (Fsp3) is 0.375. The van der Waals surface area contributed by atoms with Crippen LogP contribution in [0.3, 0.4) is 0 Å². The Hall–Kier alpha value is -1.85. The van der Waals surface area contributed by atoms with Crippen LogP contribution in [0.1, 0.15) is 11.6 Å². The molecule has 0 saturated heterocycles. The first kappa shape index (κ1) is 8.74. The second kappa shape index (κ2) is 3.13. The topological polar surface area (TPSA) is 74.6 Å². The third-order valence-corrected chi connectivity index (χ3v) is 2.15. The molecule has 0 unspecified atom stereocenters. The summed E-state index contributed by atoms with van der Waals surface area (Å²) in [6.45, 7) is 2.50. The van der Waals surface area contributed by atoms with Gasteiger partial charge in [-0.3, -0.25) is 4.68 Å². The van der Waals surface area contributed by atoms with E-state index >= 15 is 0 Å². The average Bonchev–Trinajstić information content (AvgIpc) is 2.67. The molecule has 2 aromatic rings. The fourth-order valence-corrected chi connectivity index (χ4v) is 1.20. The van der Waals surface area contributed by atoms with Crippen LogP contribution in [-0.4, -0.2) is 24.5 Å². The quantitative estimate of drug-likeness (QED) is 0.724. The molecule has 0 aromatic carbocycles. The van der Waals surface area contributed by atoms with Crippen molar-refractivity contribution in [1.29, 1.82) is 0 Å². The first-order valence-electron chi connectivity index (χ1n) is 4.30. The number of aryl methyl sites for hydroxylation is 1. The Morgan fingerprint density at radius 1 is 1.43 bits per heavy atom. The summed E-state index contributed by atoms with van der Waals surface area (Å²) in [4.78, 5) is 0. The number of rotatable bonds is 2. The minimum Gasteiger partial charge on any atom is -0.382 e. The average molecular weight is 192 g/mol. The molecule has 2 rings (SSSR count). The first-order chi connectivity index (χ1) is 6.66. The summed E-state index contributed by atoms with van der Waals surface area (Å²) in [5.74, 6) is 2.27. The van der Waals surface area contributed by atoms with E-state index < -0.39 is 0 Å². The number of nitrogens with zero attached hydrogens (tertiary/aromatic N) is 5. The van der Waals surface area contributed by atoms with Gasteiger partial charge in [0.25, 0.3) is 0 Å². The summed E-state index contributed by atoms with van der Waals surface area (Å²) in [6, 6.07) is 1.75. The molecule has 0 bridgehead atoms. The lowest BCUT2D eigenvalue weighted by molar-refractivity contribution is 0.629. The molecule has 0 aliphatic rings. The maximum Gasteiger partial charge on any atom is 0.154 e. The van der Waals surface area contributed by atoms with Gasteiger partial charge in [0.2, 0.25) is 0 Å². The van der Waals surface area contributed by atoms with Crippen LogP contribution in [0.15, 0.2) is 12.3 Å². The molecule has 2 N–H and O–H groups in total. The van der Waals surface area contributed by atoms with Gasteiger partial charge in [-0.25, -0.2) is 0 Å². The highest BCUT2D eigenvalue weighted by Crippen LogP contribution is 2.02. The Morgan fingerprint density at radius 3 is 2.71 bits per heavy atom. The molecule has 74 valence electrons. The van der Waals surface area contributed by atoms with Crippen molar-refractivity contribution in [2.24, 2.45) is 7.05 Å². The molecule has 0 saturated carbocycles. The predicted octanol–water partition coefficient (Wildman–Crippen LogP) is -0.0495. The Morgan fingerprint density at radius 2 is 2.21 bits per heavy atom. The van der Waals surface area contributed by atoms with E-state index in [2.05, 4.69) is 15.3 Å². The van der Waals surface area contributed by atoms with Crippen molar-refractivity contribution in [1.82, 2.24) is 24.5 Å². The van der Waals surface area contributed by atoms with Gasteiger partial charge in [-0.1, -0.05) is 0 Å². The Kier molecular flexibility index (Phi) is 1.95. The van der Waals surface area contributed by atoms with Crippen molar-refractivity contribution in [2.75, 3.05) is 5.73 Å². The SMILES string of the molecule is Cc1nnc(Cn2ccc(N)n2)n1C. The Bertz CT molecular complexity index is 440. The van der Waals surface area contributed by atoms with Crippen molar-refractivity contribution in [2.45, 2.75) is 13.5 Å². The maximum absolute atomic E-state index is 5.50. The second-order valence-electron chi connectivity index (χ2n) is 3.16. The van der Waals surface area contributed by atoms with Crippen molar-refractivity contribution < 1.29 is 0 Å². The van der Waals surface area contributed by atoms with Crippen molar-refractivity contribution in [3.05, 3.63) is 23.9 Å². The van der Waals surface area contributed by atoms with Gasteiger partial charge in [-0.05, 0) is 13.0 Å². The Balaban J connectivity index is 2.22. The van der Waals surface area contributed by atoms with E-state index in [1.807, 2.05) is 24.7 Å². The second-order valence-corrected chi connectivity index (χ2v) is 3.16. The molecule has 2 heterocycles. The molecule has 0 aliphatic carbocycles. The molecule has 0 amide bonds. The molecule has 6 heteroatoms. The highest BCUT2D eigenvalue weighted by Gasteiger charge is 2.05. The van der Waals surface area contributed by atoms with Crippen LogP contribution in [0.5, 0.6) is 0 Å². The summed E-state index contributed by atoms with van der Waals surface area (Å²) in [5, 5.41) is 12.1. The van der Waals surface area contributed by atoms with Crippen molar-refractivity contribution >= 4 is 5.82 Å². The monoisotopic (exact) mass is 192 g/mol. The minimum atomic E-state index is 0.517. The molecular weight excluding hydrogens is 180 g/mol. The molecule has 6 nitrogen and oxygen atoms in total. The summed E-state index contributed by atoms with van der Waals surface area (Å²) in [7, 11) is 1.93. The highest BCUT2D eigenvalue weighted by atomic mass is 15.3. The number of hydrogen-bond acceptors (Lipinski definition) is 4. The van der Waals surface area contributed by atoms with Crippen LogP contribution >= 0.6 is 0 Å². The number of anilines is 1. The van der Waals surface area contributed by atoms with Gasteiger partial charge in [-0.2, -0.15) is 5.10 Å². The third kappa shape index (κ3) is 1.46. The summed E-state index contributed by atoms with van der Waals surface area (Å²) in [6.07, 6.45) is 1.82. The van der Waals surface area contributed by atoms with Gasteiger partial charge >= 0.3 is 0 Å². The van der Waals surface area contributed by atoms with Crippen LogP contribution in [0, 0.1) is 6.92 Å². The van der Waals surface area contributed by atoms with E-state index in [0.29, 0.717) is 12.4 Å². The minimum absolute atomic E-state index is 0.517. The molecule has 14 heavy (non-hydrogen) atoms. The van der Waals surface area contributed by atoms with E-state index in [9.17, 15) is 0 Å². The lowest BCUT2D eigenvalue weighted by Crippen LogP contribution is -2.07. The first-order valence-corrected chi connectivity index (χ1v) is 4.30. The number of nitrogen functional groups attached to an aromatic ring is 1. The Labute approximate surface area is 81.4 Å². The van der Waals surface area contributed by atoms with Crippen LogP contribution in [-0.2, 0) is 13.6 Å². The van der Waals surface area contributed by atoms with E-state index in [-0.39, 0.29) is 0 Å². The summed E-state index contributed by atoms with van der Waals surface area (Å²) >= 11 is 0. The number of aromatic nitrogens is 5. The van der Waals surface area contributed by atoms with Gasteiger partial charge < -0.3 is 10.3 Å². The van der Waals surface area contributed by atoms with Gasteiger partial charge in [-0.15, -0.1) is 10.2 Å². The van der Waals surface area contributed by atoms with Gasteiger partial charge in [0.1, 0.15) is 18.2 Å². The molecule has 2 aromatic heterocycles.